The van der Waals surface area contributed by atoms with Crippen molar-refractivity contribution in [1.82, 2.24) is 10.4 Å². The Hall–Kier alpha value is -2.12. The maximum absolute atomic E-state index is 13.1. The van der Waals surface area contributed by atoms with Crippen molar-refractivity contribution in [3.8, 4) is 0 Å². The number of carbonyl (C=O) groups excluding carboxylic acids is 4. The van der Waals surface area contributed by atoms with Crippen molar-refractivity contribution in [2.45, 2.75) is 96.9 Å². The third kappa shape index (κ3) is 11.5. The number of nitrogens with one attached hydrogen (secondary N) is 1. The summed E-state index contributed by atoms with van der Waals surface area (Å²) in [6.45, 7) is 9.41. The topological polar surface area (TPSA) is 183 Å². The Kier molecular flexibility index (Phi) is 13.3. The number of alkyl carbamates (subject to hydrolysis) is 1. The smallest absolute Gasteiger partial charge is 0.408 e. The van der Waals surface area contributed by atoms with Crippen LogP contribution in [0.15, 0.2) is 0 Å². The number of aliphatic hydroxyl groups excluding tert-OH is 4. The van der Waals surface area contributed by atoms with Gasteiger partial charge in [0.1, 0.15) is 42.7 Å². The fourth-order valence-electron chi connectivity index (χ4n) is 2.62. The highest BCUT2D eigenvalue weighted by Gasteiger charge is 2.35. The fourth-order valence-corrected chi connectivity index (χ4v) is 2.62. The number of carbonyl (C=O) groups is 4. The monoisotopic (exact) mass is 478 g/mol. The molecule has 12 nitrogen and oxygen atoms in total. The van der Waals surface area contributed by atoms with Crippen LogP contribution < -0.4 is 5.32 Å². The lowest BCUT2D eigenvalue weighted by molar-refractivity contribution is -0.211. The largest absolute Gasteiger partial charge is 0.444 e. The van der Waals surface area contributed by atoms with E-state index in [1.165, 1.54) is 0 Å². The SMILES string of the molecule is CCCC(=O)N(OC[C@@H](O)[C@@H](O)[C@H](O)[C@@H](O)C=O)C(=O)[C@H](CC(C)C)NC(=O)OC(C)(C)C. The third-order valence-corrected chi connectivity index (χ3v) is 4.19. The first kappa shape index (κ1) is 30.9. The fraction of sp³-hybridized carbons (Fsp3) is 0.810. The highest BCUT2D eigenvalue weighted by Crippen LogP contribution is 2.14. The third-order valence-electron chi connectivity index (χ3n) is 4.19. The van der Waals surface area contributed by atoms with Crippen molar-refractivity contribution in [2.24, 2.45) is 5.92 Å². The van der Waals surface area contributed by atoms with Gasteiger partial charge in [-0.15, -0.1) is 0 Å². The van der Waals surface area contributed by atoms with Crippen LogP contribution >= 0.6 is 0 Å². The summed E-state index contributed by atoms with van der Waals surface area (Å²) in [5.74, 6) is -1.73. The van der Waals surface area contributed by atoms with Gasteiger partial charge in [-0.05, 0) is 39.5 Å². The second-order valence-corrected chi connectivity index (χ2v) is 9.08. The van der Waals surface area contributed by atoms with Crippen LogP contribution in [0.1, 0.15) is 60.8 Å². The molecule has 0 saturated carbocycles. The molecule has 0 saturated heterocycles. The summed E-state index contributed by atoms with van der Waals surface area (Å²) >= 11 is 0. The van der Waals surface area contributed by atoms with Crippen LogP contribution in [0, 0.1) is 5.92 Å². The van der Waals surface area contributed by atoms with Crippen LogP contribution in [0.25, 0.3) is 0 Å². The van der Waals surface area contributed by atoms with Crippen LogP contribution in [0.5, 0.6) is 0 Å². The Balaban J connectivity index is 5.56. The van der Waals surface area contributed by atoms with E-state index in [1.807, 2.05) is 0 Å². The summed E-state index contributed by atoms with van der Waals surface area (Å²) in [5.41, 5.74) is -0.823. The number of aliphatic hydroxyl groups is 4. The molecular weight excluding hydrogens is 440 g/mol. The van der Waals surface area contributed by atoms with Crippen LogP contribution in [-0.4, -0.2) is 92.3 Å². The first-order valence-corrected chi connectivity index (χ1v) is 10.8. The molecule has 33 heavy (non-hydrogen) atoms. The second kappa shape index (κ2) is 14.2. The maximum Gasteiger partial charge on any atom is 0.408 e. The average molecular weight is 479 g/mol. The molecule has 0 heterocycles. The molecule has 192 valence electrons. The Bertz CT molecular complexity index is 649. The summed E-state index contributed by atoms with van der Waals surface area (Å²) in [7, 11) is 0. The molecule has 0 aliphatic carbocycles. The van der Waals surface area contributed by atoms with E-state index >= 15 is 0 Å². The van der Waals surface area contributed by atoms with Crippen molar-refractivity contribution in [3.63, 3.8) is 0 Å². The van der Waals surface area contributed by atoms with E-state index in [0.717, 1.165) is 0 Å². The maximum atomic E-state index is 13.1. The number of hydrogen-bond acceptors (Lipinski definition) is 10. The van der Waals surface area contributed by atoms with Gasteiger partial charge in [0.15, 0.2) is 6.29 Å². The minimum Gasteiger partial charge on any atom is -0.444 e. The van der Waals surface area contributed by atoms with Crippen LogP contribution in [0.4, 0.5) is 4.79 Å². The van der Waals surface area contributed by atoms with E-state index < -0.39 is 60.6 Å². The van der Waals surface area contributed by atoms with E-state index in [4.69, 9.17) is 9.57 Å². The summed E-state index contributed by atoms with van der Waals surface area (Å²) in [6, 6.07) is -1.19. The lowest BCUT2D eigenvalue weighted by Crippen LogP contribution is -2.53. The average Bonchev–Trinajstić information content (AvgIpc) is 2.69. The Morgan fingerprint density at radius 1 is 1.06 bits per heavy atom. The zero-order valence-electron chi connectivity index (χ0n) is 20.1. The molecule has 0 unspecified atom stereocenters. The van der Waals surface area contributed by atoms with Crippen LogP contribution in [0.2, 0.25) is 0 Å². The molecule has 0 aliphatic heterocycles. The van der Waals surface area contributed by atoms with E-state index in [9.17, 15) is 39.6 Å². The number of hydrogen-bond donors (Lipinski definition) is 5. The molecule has 0 aliphatic rings. The minimum atomic E-state index is -2.01. The number of nitrogens with zero attached hydrogens (tertiary/aromatic N) is 1. The standard InChI is InChI=1S/C21H38N2O10/c1-7-8-16(27)23(32-11-15(26)18(29)17(28)14(25)10-24)19(30)13(9-12(2)3)22-20(31)33-21(4,5)6/h10,12-15,17-18,25-26,28-29H,7-9,11H2,1-6H3,(H,22,31)/t13-,14-,15+,17+,18+/m0/s1. The predicted molar refractivity (Wildman–Crippen MR) is 115 cm³/mol. The zero-order valence-corrected chi connectivity index (χ0v) is 20.1. The van der Waals surface area contributed by atoms with Crippen molar-refractivity contribution >= 4 is 24.2 Å². The van der Waals surface area contributed by atoms with E-state index in [1.54, 1.807) is 41.5 Å². The van der Waals surface area contributed by atoms with E-state index in [2.05, 4.69) is 5.32 Å². The molecule has 0 aromatic rings. The molecule has 0 bridgehead atoms. The van der Waals surface area contributed by atoms with Gasteiger partial charge in [-0.1, -0.05) is 20.8 Å². The van der Waals surface area contributed by atoms with Crippen molar-refractivity contribution in [3.05, 3.63) is 0 Å². The number of imide groups is 1. The molecular formula is C21H38N2O10. The van der Waals surface area contributed by atoms with Crippen molar-refractivity contribution in [1.29, 1.82) is 0 Å². The normalized spacial score (nSPS) is 16.3. The number of amides is 3. The van der Waals surface area contributed by atoms with Gasteiger partial charge in [-0.25, -0.2) is 4.79 Å². The quantitative estimate of drug-likeness (QED) is 0.173. The first-order chi connectivity index (χ1) is 15.1. The minimum absolute atomic E-state index is 0.0269. The Morgan fingerprint density at radius 2 is 1.64 bits per heavy atom. The molecule has 0 radical (unpaired) electrons. The van der Waals surface area contributed by atoms with Crippen molar-refractivity contribution < 1.29 is 49.2 Å². The summed E-state index contributed by atoms with van der Waals surface area (Å²) < 4.78 is 5.18. The summed E-state index contributed by atoms with van der Waals surface area (Å²) in [5, 5.41) is 41.7. The van der Waals surface area contributed by atoms with Gasteiger partial charge in [-0.2, -0.15) is 5.06 Å². The Morgan fingerprint density at radius 3 is 2.09 bits per heavy atom. The molecule has 0 fully saturated rings. The van der Waals surface area contributed by atoms with Crippen molar-refractivity contribution in [2.75, 3.05) is 6.61 Å². The second-order valence-electron chi connectivity index (χ2n) is 9.08. The summed E-state index contributed by atoms with van der Waals surface area (Å²) in [6.07, 6.45) is -8.30. The number of aldehydes is 1. The summed E-state index contributed by atoms with van der Waals surface area (Å²) in [4.78, 5) is 53.5. The first-order valence-electron chi connectivity index (χ1n) is 10.8. The van der Waals surface area contributed by atoms with Gasteiger partial charge in [0.25, 0.3) is 11.8 Å². The van der Waals surface area contributed by atoms with Gasteiger partial charge < -0.3 is 35.3 Å². The number of ether oxygens (including phenoxy) is 1. The molecule has 0 aromatic heterocycles. The molecule has 3 amide bonds. The highest BCUT2D eigenvalue weighted by atomic mass is 16.7. The molecule has 5 N–H and O–H groups in total. The van der Waals surface area contributed by atoms with Gasteiger partial charge in [0.2, 0.25) is 0 Å². The molecule has 0 rings (SSSR count). The van der Waals surface area contributed by atoms with Gasteiger partial charge in [-0.3, -0.25) is 14.4 Å². The lowest BCUT2D eigenvalue weighted by atomic mass is 10.0. The molecule has 0 spiro atoms. The van der Waals surface area contributed by atoms with Gasteiger partial charge >= 0.3 is 6.09 Å². The van der Waals surface area contributed by atoms with Crippen LogP contribution in [-0.2, 0) is 24.0 Å². The highest BCUT2D eigenvalue weighted by molar-refractivity contribution is 5.97. The van der Waals surface area contributed by atoms with E-state index in [-0.39, 0.29) is 25.0 Å². The van der Waals surface area contributed by atoms with Gasteiger partial charge in [0, 0.05) is 6.42 Å². The molecule has 0 aromatic carbocycles. The predicted octanol–water partition coefficient (Wildman–Crippen LogP) is -0.345. The number of hydroxylamine groups is 2. The van der Waals surface area contributed by atoms with Crippen LogP contribution in [0.3, 0.4) is 0 Å². The Labute approximate surface area is 193 Å². The molecule has 5 atom stereocenters. The number of rotatable bonds is 13. The zero-order chi connectivity index (χ0) is 25.9. The molecule has 12 heteroatoms. The van der Waals surface area contributed by atoms with E-state index in [0.29, 0.717) is 11.5 Å². The lowest BCUT2D eigenvalue weighted by Gasteiger charge is -2.29. The van der Waals surface area contributed by atoms with Gasteiger partial charge in [0.05, 0.1) is 0 Å².